The van der Waals surface area contributed by atoms with Crippen LogP contribution in [-0.2, 0) is 27.9 Å². The molecule has 0 bridgehead atoms. The molecule has 0 aromatic rings. The number of carbonyl (C=O) groups excluding carboxylic acids is 1. The van der Waals surface area contributed by atoms with Gasteiger partial charge in [0.1, 0.15) is 19.8 Å². The first-order chi connectivity index (χ1) is 26.6. The highest BCUT2D eigenvalue weighted by molar-refractivity contribution is 7.47. The van der Waals surface area contributed by atoms with Crippen molar-refractivity contribution in [1.82, 2.24) is 0 Å². The Bertz CT molecular complexity index is 1060. The van der Waals surface area contributed by atoms with E-state index in [1.807, 2.05) is 27.2 Å². The fraction of sp³-hybridized carbons (Fsp3) is 0.761. The zero-order chi connectivity index (χ0) is 40.6. The molecule has 0 aromatic carbocycles. The molecule has 0 aromatic heterocycles. The number of unbranched alkanes of at least 4 members (excludes halogenated alkanes) is 18. The van der Waals surface area contributed by atoms with E-state index in [4.69, 9.17) is 18.5 Å². The Kier molecular flexibility index (Phi) is 37.5. The van der Waals surface area contributed by atoms with Crippen molar-refractivity contribution in [2.75, 3.05) is 47.5 Å². The SMILES string of the molecule is CCCCC/C=C/C/C=C/C/C=C/C/C=C/CCCC(=O)O[C@H](CO/C=C/CCCCCCCCCCCCCCCC)COP(=O)(O)OCC[N+](C)(C)C. The average molecular weight is 795 g/mol. The van der Waals surface area contributed by atoms with Crippen molar-refractivity contribution in [1.29, 1.82) is 0 Å². The maximum Gasteiger partial charge on any atom is 0.472 e. The summed E-state index contributed by atoms with van der Waals surface area (Å²) >= 11 is 0. The Morgan fingerprint density at radius 1 is 0.582 bits per heavy atom. The Hall–Kier alpha value is -1.96. The number of ether oxygens (including phenoxy) is 2. The van der Waals surface area contributed by atoms with Crippen molar-refractivity contribution >= 4 is 13.8 Å². The number of rotatable bonds is 40. The van der Waals surface area contributed by atoms with Crippen LogP contribution in [0.4, 0.5) is 0 Å². The summed E-state index contributed by atoms with van der Waals surface area (Å²) < 4.78 is 34.7. The first-order valence-corrected chi connectivity index (χ1v) is 23.6. The number of hydrogen-bond acceptors (Lipinski definition) is 6. The molecule has 0 aliphatic rings. The third-order valence-electron chi connectivity index (χ3n) is 9.15. The molecule has 1 unspecified atom stereocenters. The first kappa shape index (κ1) is 53.0. The van der Waals surface area contributed by atoms with Gasteiger partial charge in [-0.3, -0.25) is 13.8 Å². The van der Waals surface area contributed by atoms with Crippen LogP contribution in [0, 0.1) is 0 Å². The quantitative estimate of drug-likeness (QED) is 0.0165. The van der Waals surface area contributed by atoms with Crippen molar-refractivity contribution in [3.8, 4) is 0 Å². The molecule has 0 amide bonds. The molecule has 55 heavy (non-hydrogen) atoms. The van der Waals surface area contributed by atoms with Gasteiger partial charge in [0.25, 0.3) is 0 Å². The Morgan fingerprint density at radius 3 is 1.55 bits per heavy atom. The number of nitrogens with zero attached hydrogens (tertiary/aromatic N) is 1. The largest absolute Gasteiger partial charge is 0.498 e. The number of allylic oxidation sites excluding steroid dienone is 9. The number of phosphoric ester groups is 1. The van der Waals surface area contributed by atoms with Gasteiger partial charge in [-0.15, -0.1) is 0 Å². The summed E-state index contributed by atoms with van der Waals surface area (Å²) in [6.07, 6.45) is 49.3. The van der Waals surface area contributed by atoms with Gasteiger partial charge in [0, 0.05) is 6.42 Å². The maximum atomic E-state index is 12.7. The highest BCUT2D eigenvalue weighted by Gasteiger charge is 2.26. The summed E-state index contributed by atoms with van der Waals surface area (Å²) in [6.45, 7) is 4.84. The minimum Gasteiger partial charge on any atom is -0.498 e. The molecule has 0 saturated heterocycles. The summed E-state index contributed by atoms with van der Waals surface area (Å²) in [6, 6.07) is 0. The Balaban J connectivity index is 4.39. The van der Waals surface area contributed by atoms with Crippen molar-refractivity contribution in [3.05, 3.63) is 60.9 Å². The lowest BCUT2D eigenvalue weighted by Gasteiger charge is -2.24. The molecule has 320 valence electrons. The second-order valence-corrected chi connectivity index (χ2v) is 17.2. The van der Waals surface area contributed by atoms with Crippen LogP contribution in [0.15, 0.2) is 60.9 Å². The smallest absolute Gasteiger partial charge is 0.472 e. The first-order valence-electron chi connectivity index (χ1n) is 22.1. The van der Waals surface area contributed by atoms with Crippen molar-refractivity contribution in [2.45, 2.75) is 180 Å². The van der Waals surface area contributed by atoms with E-state index < -0.39 is 19.9 Å². The monoisotopic (exact) mass is 795 g/mol. The second-order valence-electron chi connectivity index (χ2n) is 15.8. The van der Waals surface area contributed by atoms with Gasteiger partial charge in [-0.05, 0) is 63.9 Å². The van der Waals surface area contributed by atoms with Gasteiger partial charge >= 0.3 is 13.8 Å². The van der Waals surface area contributed by atoms with Crippen LogP contribution < -0.4 is 0 Å². The highest BCUT2D eigenvalue weighted by atomic mass is 31.2. The molecule has 8 nitrogen and oxygen atoms in total. The Labute approximate surface area is 339 Å². The fourth-order valence-corrected chi connectivity index (χ4v) is 6.43. The van der Waals surface area contributed by atoms with Crippen LogP contribution in [0.2, 0.25) is 0 Å². The molecule has 0 aliphatic heterocycles. The Morgan fingerprint density at radius 2 is 1.02 bits per heavy atom. The van der Waals surface area contributed by atoms with Gasteiger partial charge in [0.05, 0.1) is 34.0 Å². The number of phosphoric acid groups is 1. The number of esters is 1. The molecule has 0 spiro atoms. The molecule has 2 atom stereocenters. The van der Waals surface area contributed by atoms with E-state index in [1.54, 1.807) is 6.26 Å². The number of quaternary nitrogens is 1. The third-order valence-corrected chi connectivity index (χ3v) is 10.1. The highest BCUT2D eigenvalue weighted by Crippen LogP contribution is 2.43. The summed E-state index contributed by atoms with van der Waals surface area (Å²) in [5.74, 6) is -0.391. The second kappa shape index (κ2) is 38.9. The normalized spacial score (nSPS) is 14.3. The maximum absolute atomic E-state index is 12.7. The van der Waals surface area contributed by atoms with Crippen LogP contribution >= 0.6 is 7.82 Å². The number of hydrogen-bond donors (Lipinski definition) is 1. The van der Waals surface area contributed by atoms with Gasteiger partial charge in [-0.25, -0.2) is 4.57 Å². The predicted octanol–water partition coefficient (Wildman–Crippen LogP) is 13.3. The third kappa shape index (κ3) is 43.0. The lowest BCUT2D eigenvalue weighted by atomic mass is 10.0. The standard InChI is InChI=1S/C46H84NO7P/c1-6-8-10-12-14-16-18-20-22-24-25-27-29-31-33-35-37-39-46(48)54-45(44-53-55(49,50)52-42-40-47(3,4)5)43-51-41-38-36-34-32-30-28-26-23-21-19-17-15-13-11-9-7-2/h14,16,20,22,25,27,31,33,38,41,45H,6-13,15,17-19,21,23-24,26,28-30,32,34-37,39-40,42-44H2,1-5H3/p+1/b16-14+,22-20+,27-25+,33-31+,41-38+/t45-/m1/s1. The molecule has 0 radical (unpaired) electrons. The summed E-state index contributed by atoms with van der Waals surface area (Å²) in [7, 11) is 1.60. The summed E-state index contributed by atoms with van der Waals surface area (Å²) in [5.41, 5.74) is 0. The van der Waals surface area contributed by atoms with Crippen LogP contribution in [0.1, 0.15) is 174 Å². The zero-order valence-electron chi connectivity index (χ0n) is 36.1. The lowest BCUT2D eigenvalue weighted by molar-refractivity contribution is -0.870. The predicted molar refractivity (Wildman–Crippen MR) is 233 cm³/mol. The van der Waals surface area contributed by atoms with Crippen molar-refractivity contribution in [3.63, 3.8) is 0 Å². The zero-order valence-corrected chi connectivity index (χ0v) is 37.0. The van der Waals surface area contributed by atoms with E-state index >= 15 is 0 Å². The molecular weight excluding hydrogens is 709 g/mol. The molecular formula is C46H85NO7P+. The number of likely N-dealkylation sites (N-methyl/N-ethyl adjacent to an activating group) is 1. The summed E-state index contributed by atoms with van der Waals surface area (Å²) in [4.78, 5) is 22.8. The van der Waals surface area contributed by atoms with Gasteiger partial charge in [-0.2, -0.15) is 0 Å². The molecule has 9 heteroatoms. The van der Waals surface area contributed by atoms with Crippen molar-refractivity contribution in [2.24, 2.45) is 0 Å². The average Bonchev–Trinajstić information content (AvgIpc) is 3.13. The van der Waals surface area contributed by atoms with E-state index in [-0.39, 0.29) is 26.2 Å². The van der Waals surface area contributed by atoms with Gasteiger partial charge in [-0.1, -0.05) is 159 Å². The lowest BCUT2D eigenvalue weighted by Crippen LogP contribution is -2.37. The fourth-order valence-electron chi connectivity index (χ4n) is 5.69. The van der Waals surface area contributed by atoms with Gasteiger partial charge in [0.15, 0.2) is 6.10 Å². The van der Waals surface area contributed by atoms with Crippen LogP contribution in [0.25, 0.3) is 0 Å². The van der Waals surface area contributed by atoms with Crippen LogP contribution in [-0.4, -0.2) is 69.0 Å². The molecule has 1 N–H and O–H groups in total. The van der Waals surface area contributed by atoms with Gasteiger partial charge in [0.2, 0.25) is 0 Å². The molecule has 0 rings (SSSR count). The minimum atomic E-state index is -4.31. The van der Waals surface area contributed by atoms with Gasteiger partial charge < -0.3 is 18.9 Å². The minimum absolute atomic E-state index is 0.0248. The van der Waals surface area contributed by atoms with E-state index in [2.05, 4.69) is 62.5 Å². The van der Waals surface area contributed by atoms with E-state index in [9.17, 15) is 14.3 Å². The van der Waals surface area contributed by atoms with Crippen molar-refractivity contribution < 1.29 is 37.3 Å². The molecule has 0 fully saturated rings. The molecule has 0 saturated carbocycles. The van der Waals surface area contributed by atoms with E-state index in [0.29, 0.717) is 17.4 Å². The number of carbonyl (C=O) groups is 1. The van der Waals surface area contributed by atoms with Crippen LogP contribution in [0.3, 0.4) is 0 Å². The molecule has 0 aliphatic carbocycles. The van der Waals surface area contributed by atoms with E-state index in [0.717, 1.165) is 38.5 Å². The summed E-state index contributed by atoms with van der Waals surface area (Å²) in [5, 5.41) is 0. The molecule has 0 heterocycles. The van der Waals surface area contributed by atoms with E-state index in [1.165, 1.54) is 109 Å². The topological polar surface area (TPSA) is 91.3 Å². The van der Waals surface area contributed by atoms with Crippen LogP contribution in [0.5, 0.6) is 0 Å².